The van der Waals surface area contributed by atoms with Gasteiger partial charge in [0.1, 0.15) is 24.0 Å². The Morgan fingerprint density at radius 3 is 2.73 bits per heavy atom. The highest BCUT2D eigenvalue weighted by molar-refractivity contribution is 5.72. The number of H-pyrrole nitrogens is 1. The number of anilines is 1. The van der Waals surface area contributed by atoms with E-state index in [1.54, 1.807) is 0 Å². The van der Waals surface area contributed by atoms with E-state index in [4.69, 9.17) is 15.7 Å². The number of nitriles is 1. The van der Waals surface area contributed by atoms with Crippen LogP contribution >= 0.6 is 0 Å². The van der Waals surface area contributed by atoms with Gasteiger partial charge in [0.15, 0.2) is 5.82 Å². The number of benzene rings is 2. The maximum absolute atomic E-state index is 9.15. The van der Waals surface area contributed by atoms with Crippen LogP contribution in [0.2, 0.25) is 0 Å². The predicted octanol–water partition coefficient (Wildman–Crippen LogP) is 3.11. The topological polar surface area (TPSA) is 87.7 Å². The first-order valence-electron chi connectivity index (χ1n) is 6.79. The molecular formula is C17H14N4O. The monoisotopic (exact) mass is 290 g/mol. The summed E-state index contributed by atoms with van der Waals surface area (Å²) in [5.74, 6) is 0.923. The van der Waals surface area contributed by atoms with E-state index in [1.807, 2.05) is 54.6 Å². The number of nitrogen functional groups attached to an aromatic ring is 1. The molecule has 0 saturated carbocycles. The Balaban J connectivity index is 1.82. The first-order valence-corrected chi connectivity index (χ1v) is 6.79. The molecule has 22 heavy (non-hydrogen) atoms. The summed E-state index contributed by atoms with van der Waals surface area (Å²) >= 11 is 0. The van der Waals surface area contributed by atoms with E-state index in [1.165, 1.54) is 0 Å². The molecule has 0 aliphatic rings. The molecule has 5 heteroatoms. The number of hydrogen-bond donors (Lipinski definition) is 2. The second kappa shape index (κ2) is 6.02. The van der Waals surface area contributed by atoms with E-state index in [-0.39, 0.29) is 5.82 Å². The van der Waals surface area contributed by atoms with Crippen LogP contribution in [-0.2, 0) is 6.61 Å². The molecule has 0 bridgehead atoms. The highest BCUT2D eigenvalue weighted by Crippen LogP contribution is 2.27. The fourth-order valence-electron chi connectivity index (χ4n) is 2.16. The summed E-state index contributed by atoms with van der Waals surface area (Å²) in [6, 6.07) is 19.5. The lowest BCUT2D eigenvalue weighted by Crippen LogP contribution is -1.95. The Morgan fingerprint density at radius 1 is 1.14 bits per heavy atom. The molecule has 1 heterocycles. The third-order valence-electron chi connectivity index (χ3n) is 3.28. The lowest BCUT2D eigenvalue weighted by molar-refractivity contribution is 0.306. The van der Waals surface area contributed by atoms with Crippen LogP contribution in [0.25, 0.3) is 11.3 Å². The van der Waals surface area contributed by atoms with E-state index in [0.29, 0.717) is 17.9 Å². The van der Waals surface area contributed by atoms with Crippen LogP contribution in [0, 0.1) is 11.3 Å². The molecule has 2 aromatic carbocycles. The van der Waals surface area contributed by atoms with Crippen LogP contribution < -0.4 is 10.5 Å². The van der Waals surface area contributed by atoms with Gasteiger partial charge in [-0.15, -0.1) is 0 Å². The maximum atomic E-state index is 9.15. The van der Waals surface area contributed by atoms with Crippen molar-refractivity contribution >= 4 is 5.82 Å². The zero-order chi connectivity index (χ0) is 15.4. The molecule has 108 valence electrons. The molecule has 5 nitrogen and oxygen atoms in total. The van der Waals surface area contributed by atoms with Crippen molar-refractivity contribution in [3.8, 4) is 23.1 Å². The quantitative estimate of drug-likeness (QED) is 0.772. The van der Waals surface area contributed by atoms with Crippen LogP contribution in [0.3, 0.4) is 0 Å². The van der Waals surface area contributed by atoms with Gasteiger partial charge in [-0.25, -0.2) is 0 Å². The Kier molecular flexibility index (Phi) is 3.75. The summed E-state index contributed by atoms with van der Waals surface area (Å²) in [6.45, 7) is 0.487. The SMILES string of the molecule is N#Cc1c(N)n[nH]c1-c1cccc(OCc2ccccc2)c1. The van der Waals surface area contributed by atoms with Gasteiger partial charge in [0, 0.05) is 5.56 Å². The second-order valence-corrected chi connectivity index (χ2v) is 4.77. The van der Waals surface area contributed by atoms with Gasteiger partial charge >= 0.3 is 0 Å². The van der Waals surface area contributed by atoms with Crippen LogP contribution in [0.5, 0.6) is 5.75 Å². The molecule has 3 N–H and O–H groups in total. The van der Waals surface area contributed by atoms with Crippen LogP contribution in [0.1, 0.15) is 11.1 Å². The zero-order valence-electron chi connectivity index (χ0n) is 11.8. The number of hydrogen-bond acceptors (Lipinski definition) is 4. The fraction of sp³-hybridized carbons (Fsp3) is 0.0588. The minimum Gasteiger partial charge on any atom is -0.489 e. The molecule has 0 unspecified atom stereocenters. The average Bonchev–Trinajstić information content (AvgIpc) is 2.95. The fourth-order valence-corrected chi connectivity index (χ4v) is 2.16. The van der Waals surface area contributed by atoms with Gasteiger partial charge in [-0.05, 0) is 17.7 Å². The molecular weight excluding hydrogens is 276 g/mol. The summed E-state index contributed by atoms with van der Waals surface area (Å²) < 4.78 is 5.79. The average molecular weight is 290 g/mol. The van der Waals surface area contributed by atoms with E-state index >= 15 is 0 Å². The third kappa shape index (κ3) is 2.76. The van der Waals surface area contributed by atoms with Crippen molar-refractivity contribution in [2.45, 2.75) is 6.61 Å². The number of nitrogens with zero attached hydrogens (tertiary/aromatic N) is 2. The number of aromatic amines is 1. The van der Waals surface area contributed by atoms with Gasteiger partial charge in [0.2, 0.25) is 0 Å². The molecule has 0 amide bonds. The Hall–Kier alpha value is -3.26. The van der Waals surface area contributed by atoms with E-state index in [9.17, 15) is 0 Å². The van der Waals surface area contributed by atoms with Crippen molar-refractivity contribution in [3.63, 3.8) is 0 Å². The summed E-state index contributed by atoms with van der Waals surface area (Å²) in [6.07, 6.45) is 0. The second-order valence-electron chi connectivity index (χ2n) is 4.77. The summed E-state index contributed by atoms with van der Waals surface area (Å²) in [5.41, 5.74) is 8.52. The number of rotatable bonds is 4. The molecule has 0 aliphatic carbocycles. The number of aromatic nitrogens is 2. The van der Waals surface area contributed by atoms with Crippen molar-refractivity contribution in [1.29, 1.82) is 5.26 Å². The number of nitrogens with one attached hydrogen (secondary N) is 1. The van der Waals surface area contributed by atoms with Gasteiger partial charge < -0.3 is 10.5 Å². The Morgan fingerprint density at radius 2 is 1.95 bits per heavy atom. The van der Waals surface area contributed by atoms with Crippen molar-refractivity contribution in [1.82, 2.24) is 10.2 Å². The smallest absolute Gasteiger partial charge is 0.163 e. The largest absolute Gasteiger partial charge is 0.489 e. The number of ether oxygens (including phenoxy) is 1. The molecule has 0 fully saturated rings. The lowest BCUT2D eigenvalue weighted by Gasteiger charge is -2.07. The first-order chi connectivity index (χ1) is 10.8. The maximum Gasteiger partial charge on any atom is 0.163 e. The molecule has 0 atom stereocenters. The zero-order valence-corrected chi connectivity index (χ0v) is 11.8. The van der Waals surface area contributed by atoms with Gasteiger partial charge in [-0.2, -0.15) is 10.4 Å². The first kappa shape index (κ1) is 13.7. The Labute approximate surface area is 128 Å². The van der Waals surface area contributed by atoms with Gasteiger partial charge in [-0.1, -0.05) is 42.5 Å². The molecule has 3 aromatic rings. The summed E-state index contributed by atoms with van der Waals surface area (Å²) in [4.78, 5) is 0. The Bertz CT molecular complexity index is 818. The van der Waals surface area contributed by atoms with Gasteiger partial charge in [0.05, 0.1) is 5.69 Å². The van der Waals surface area contributed by atoms with Crippen LogP contribution in [0.15, 0.2) is 54.6 Å². The predicted molar refractivity (Wildman–Crippen MR) is 83.9 cm³/mol. The molecule has 0 saturated heterocycles. The normalized spacial score (nSPS) is 10.1. The van der Waals surface area contributed by atoms with E-state index < -0.39 is 0 Å². The summed E-state index contributed by atoms with van der Waals surface area (Å²) in [5, 5.41) is 15.8. The molecule has 0 spiro atoms. The molecule has 1 aromatic heterocycles. The minimum absolute atomic E-state index is 0.202. The molecule has 0 aliphatic heterocycles. The van der Waals surface area contributed by atoms with Crippen molar-refractivity contribution in [2.24, 2.45) is 0 Å². The van der Waals surface area contributed by atoms with Gasteiger partial charge in [-0.3, -0.25) is 5.10 Å². The summed E-state index contributed by atoms with van der Waals surface area (Å²) in [7, 11) is 0. The highest BCUT2D eigenvalue weighted by Gasteiger charge is 2.12. The van der Waals surface area contributed by atoms with Gasteiger partial charge in [0.25, 0.3) is 0 Å². The highest BCUT2D eigenvalue weighted by atomic mass is 16.5. The minimum atomic E-state index is 0.202. The van der Waals surface area contributed by atoms with Crippen molar-refractivity contribution in [3.05, 3.63) is 65.7 Å². The lowest BCUT2D eigenvalue weighted by atomic mass is 10.1. The molecule has 0 radical (unpaired) electrons. The standard InChI is InChI=1S/C17H14N4O/c18-10-15-16(20-21-17(15)19)13-7-4-8-14(9-13)22-11-12-5-2-1-3-6-12/h1-9H,11H2,(H3,19,20,21). The van der Waals surface area contributed by atoms with Crippen LogP contribution in [0.4, 0.5) is 5.82 Å². The van der Waals surface area contributed by atoms with Crippen LogP contribution in [-0.4, -0.2) is 10.2 Å². The van der Waals surface area contributed by atoms with Crippen molar-refractivity contribution < 1.29 is 4.74 Å². The number of nitrogens with two attached hydrogens (primary N) is 1. The third-order valence-corrected chi connectivity index (χ3v) is 3.28. The van der Waals surface area contributed by atoms with E-state index in [0.717, 1.165) is 16.9 Å². The van der Waals surface area contributed by atoms with Crippen molar-refractivity contribution in [2.75, 3.05) is 5.73 Å². The van der Waals surface area contributed by atoms with E-state index in [2.05, 4.69) is 16.3 Å². The molecule has 3 rings (SSSR count).